The molecule has 0 bridgehead atoms. The number of ether oxygens (including phenoxy) is 1. The maximum absolute atomic E-state index is 5.36. The van der Waals surface area contributed by atoms with E-state index in [0.29, 0.717) is 0 Å². The third kappa shape index (κ3) is 5.47. The van der Waals surface area contributed by atoms with E-state index in [0.717, 1.165) is 32.8 Å². The predicted octanol–water partition coefficient (Wildman–Crippen LogP) is 3.01. The molecule has 0 aliphatic carbocycles. The number of morpholine rings is 1. The third-order valence-electron chi connectivity index (χ3n) is 2.96. The van der Waals surface area contributed by atoms with Gasteiger partial charge in [-0.2, -0.15) is 0 Å². The van der Waals surface area contributed by atoms with Crippen molar-refractivity contribution in [2.24, 2.45) is 0 Å². The van der Waals surface area contributed by atoms with Crippen LogP contribution in [0, 0.1) is 0 Å². The van der Waals surface area contributed by atoms with Crippen LogP contribution in [0.25, 0.3) is 0 Å². The number of hydrogen-bond acceptors (Lipinski definition) is 2. The molecule has 0 atom stereocenters. The van der Waals surface area contributed by atoms with Crippen molar-refractivity contribution in [3.63, 3.8) is 0 Å². The van der Waals surface area contributed by atoms with Gasteiger partial charge in [0.2, 0.25) is 0 Å². The molecule has 0 radical (unpaired) electrons. The first-order valence-electron chi connectivity index (χ1n) is 6.30. The molecule has 92 valence electrons. The third-order valence-corrected chi connectivity index (χ3v) is 2.96. The molecule has 1 heterocycles. The van der Waals surface area contributed by atoms with Gasteiger partial charge in [0.05, 0.1) is 13.2 Å². The fourth-order valence-electron chi connectivity index (χ4n) is 1.91. The molecule has 0 saturated carbocycles. The van der Waals surface area contributed by atoms with Gasteiger partial charge < -0.3 is 4.74 Å². The number of hydrogen-bond donors (Lipinski definition) is 0. The van der Waals surface area contributed by atoms with Gasteiger partial charge in [-0.05, 0) is 33.6 Å². The molecular weight excluding hydrogens is 198 g/mol. The van der Waals surface area contributed by atoms with Gasteiger partial charge in [0.25, 0.3) is 0 Å². The van der Waals surface area contributed by atoms with Crippen LogP contribution < -0.4 is 0 Å². The van der Waals surface area contributed by atoms with Crippen molar-refractivity contribution < 1.29 is 4.74 Å². The Hall–Kier alpha value is -0.600. The van der Waals surface area contributed by atoms with Crippen LogP contribution >= 0.6 is 0 Å². The molecule has 0 amide bonds. The average Bonchev–Trinajstić information content (AvgIpc) is 2.28. The van der Waals surface area contributed by atoms with Crippen LogP contribution in [0.5, 0.6) is 0 Å². The summed E-state index contributed by atoms with van der Waals surface area (Å²) >= 11 is 0. The quantitative estimate of drug-likeness (QED) is 0.664. The lowest BCUT2D eigenvalue weighted by Crippen LogP contribution is -2.37. The fraction of sp³-hybridized carbons (Fsp3) is 0.714. The Labute approximate surface area is 100.0 Å². The Morgan fingerprint density at radius 3 is 2.50 bits per heavy atom. The Bertz CT molecular complexity index is 245. The average molecular weight is 223 g/mol. The molecule has 1 aliphatic heterocycles. The van der Waals surface area contributed by atoms with Gasteiger partial charge in [-0.3, -0.25) is 4.90 Å². The fourth-order valence-corrected chi connectivity index (χ4v) is 1.91. The van der Waals surface area contributed by atoms with Crippen molar-refractivity contribution in [1.29, 1.82) is 0 Å². The maximum atomic E-state index is 5.36. The van der Waals surface area contributed by atoms with E-state index in [4.69, 9.17) is 4.74 Å². The van der Waals surface area contributed by atoms with E-state index in [1.165, 1.54) is 18.4 Å². The maximum Gasteiger partial charge on any atom is 0.0594 e. The van der Waals surface area contributed by atoms with Crippen LogP contribution in [0.2, 0.25) is 0 Å². The molecule has 1 rings (SSSR count). The first-order valence-corrected chi connectivity index (χ1v) is 6.30. The number of nitrogens with zero attached hydrogens (tertiary/aromatic N) is 1. The van der Waals surface area contributed by atoms with Crippen LogP contribution in [-0.4, -0.2) is 37.7 Å². The summed E-state index contributed by atoms with van der Waals surface area (Å²) in [5, 5.41) is 0. The van der Waals surface area contributed by atoms with Gasteiger partial charge in [0.15, 0.2) is 0 Å². The lowest BCUT2D eigenvalue weighted by Gasteiger charge is -2.27. The van der Waals surface area contributed by atoms with Crippen molar-refractivity contribution in [2.45, 2.75) is 33.6 Å². The summed E-state index contributed by atoms with van der Waals surface area (Å²) in [6.45, 7) is 11.6. The van der Waals surface area contributed by atoms with E-state index in [2.05, 4.69) is 37.8 Å². The standard InChI is InChI=1S/C14H25NO/c1-4-14(7-5-6-13(2)3)12-15-8-10-16-11-9-15/h4,6H,5,7-12H2,1-3H3/b14-4+. The van der Waals surface area contributed by atoms with Crippen molar-refractivity contribution >= 4 is 0 Å². The topological polar surface area (TPSA) is 12.5 Å². The van der Waals surface area contributed by atoms with Crippen LogP contribution in [0.3, 0.4) is 0 Å². The minimum absolute atomic E-state index is 0.894. The molecule has 2 nitrogen and oxygen atoms in total. The first kappa shape index (κ1) is 13.5. The summed E-state index contributed by atoms with van der Waals surface area (Å²) in [5.74, 6) is 0. The molecule has 0 N–H and O–H groups in total. The molecule has 1 fully saturated rings. The normalized spacial score (nSPS) is 18.6. The van der Waals surface area contributed by atoms with Crippen molar-refractivity contribution in [2.75, 3.05) is 32.8 Å². The molecule has 0 unspecified atom stereocenters. The van der Waals surface area contributed by atoms with E-state index in [9.17, 15) is 0 Å². The van der Waals surface area contributed by atoms with Gasteiger partial charge in [-0.25, -0.2) is 0 Å². The molecule has 0 aromatic rings. The van der Waals surface area contributed by atoms with Crippen LogP contribution in [-0.2, 0) is 4.74 Å². The highest BCUT2D eigenvalue weighted by Gasteiger charge is 2.11. The van der Waals surface area contributed by atoms with E-state index >= 15 is 0 Å². The van der Waals surface area contributed by atoms with Crippen LogP contribution in [0.4, 0.5) is 0 Å². The van der Waals surface area contributed by atoms with E-state index in [-0.39, 0.29) is 0 Å². The Morgan fingerprint density at radius 2 is 1.94 bits per heavy atom. The SMILES string of the molecule is C/C=C(\CCC=C(C)C)CN1CCOCC1. The molecule has 0 aromatic heterocycles. The summed E-state index contributed by atoms with van der Waals surface area (Å²) in [6, 6.07) is 0. The van der Waals surface area contributed by atoms with Gasteiger partial charge in [-0.1, -0.05) is 23.3 Å². The van der Waals surface area contributed by atoms with E-state index in [1.54, 1.807) is 5.57 Å². The summed E-state index contributed by atoms with van der Waals surface area (Å²) in [4.78, 5) is 2.49. The van der Waals surface area contributed by atoms with E-state index in [1.807, 2.05) is 0 Å². The van der Waals surface area contributed by atoms with Gasteiger partial charge >= 0.3 is 0 Å². The van der Waals surface area contributed by atoms with E-state index < -0.39 is 0 Å². The lowest BCUT2D eigenvalue weighted by molar-refractivity contribution is 0.0419. The van der Waals surface area contributed by atoms with Gasteiger partial charge in [-0.15, -0.1) is 0 Å². The number of rotatable bonds is 5. The summed E-state index contributed by atoms with van der Waals surface area (Å²) in [7, 11) is 0. The highest BCUT2D eigenvalue weighted by atomic mass is 16.5. The molecule has 1 aliphatic rings. The summed E-state index contributed by atoms with van der Waals surface area (Å²) in [6.07, 6.45) is 6.96. The van der Waals surface area contributed by atoms with Gasteiger partial charge in [0, 0.05) is 19.6 Å². The minimum atomic E-state index is 0.894. The largest absolute Gasteiger partial charge is 0.379 e. The Morgan fingerprint density at radius 1 is 1.25 bits per heavy atom. The molecular formula is C14H25NO. The zero-order valence-corrected chi connectivity index (χ0v) is 11.0. The molecule has 2 heteroatoms. The summed E-state index contributed by atoms with van der Waals surface area (Å²) < 4.78 is 5.36. The van der Waals surface area contributed by atoms with Gasteiger partial charge in [0.1, 0.15) is 0 Å². The Kier molecular flexibility index (Phi) is 6.43. The second-order valence-corrected chi connectivity index (χ2v) is 4.66. The van der Waals surface area contributed by atoms with Crippen molar-refractivity contribution in [3.8, 4) is 0 Å². The van der Waals surface area contributed by atoms with Crippen molar-refractivity contribution in [3.05, 3.63) is 23.3 Å². The monoisotopic (exact) mass is 223 g/mol. The Balaban J connectivity index is 2.28. The molecule has 0 spiro atoms. The highest BCUT2D eigenvalue weighted by molar-refractivity contribution is 5.06. The predicted molar refractivity (Wildman–Crippen MR) is 69.7 cm³/mol. The molecule has 0 aromatic carbocycles. The summed E-state index contributed by atoms with van der Waals surface area (Å²) in [5.41, 5.74) is 2.97. The van der Waals surface area contributed by atoms with Crippen LogP contribution in [0.1, 0.15) is 33.6 Å². The molecule has 1 saturated heterocycles. The minimum Gasteiger partial charge on any atom is -0.379 e. The smallest absolute Gasteiger partial charge is 0.0594 e. The van der Waals surface area contributed by atoms with Crippen molar-refractivity contribution in [1.82, 2.24) is 4.90 Å². The zero-order chi connectivity index (χ0) is 11.8. The highest BCUT2D eigenvalue weighted by Crippen LogP contribution is 2.10. The second-order valence-electron chi connectivity index (χ2n) is 4.66. The number of allylic oxidation sites excluding steroid dienone is 3. The molecule has 16 heavy (non-hydrogen) atoms. The lowest BCUT2D eigenvalue weighted by atomic mass is 10.1. The van der Waals surface area contributed by atoms with Crippen LogP contribution in [0.15, 0.2) is 23.3 Å². The first-order chi connectivity index (χ1) is 7.72. The zero-order valence-electron chi connectivity index (χ0n) is 11.0. The second kappa shape index (κ2) is 7.64.